The smallest absolute Gasteiger partial charge is 0.312 e. The molecule has 0 aromatic heterocycles. The van der Waals surface area contributed by atoms with Gasteiger partial charge < -0.3 is 10.2 Å². The van der Waals surface area contributed by atoms with Crippen LogP contribution >= 0.6 is 0 Å². The summed E-state index contributed by atoms with van der Waals surface area (Å²) in [6.07, 6.45) is -1.47. The van der Waals surface area contributed by atoms with E-state index in [0.29, 0.717) is 0 Å². The Balaban J connectivity index is 4.89. The van der Waals surface area contributed by atoms with Gasteiger partial charge in [-0.3, -0.25) is 9.59 Å². The van der Waals surface area contributed by atoms with Crippen molar-refractivity contribution in [3.8, 4) is 0 Å². The molecule has 0 bridgehead atoms. The van der Waals surface area contributed by atoms with Crippen LogP contribution in [0.1, 0.15) is 34.6 Å². The van der Waals surface area contributed by atoms with Crippen LogP contribution in [0.5, 0.6) is 0 Å². The van der Waals surface area contributed by atoms with E-state index in [2.05, 4.69) is 0 Å². The fourth-order valence-corrected chi connectivity index (χ4v) is 0.855. The van der Waals surface area contributed by atoms with Gasteiger partial charge in [-0.05, 0) is 13.8 Å². The molecular formula is C10H18O4. The Morgan fingerprint density at radius 1 is 1.07 bits per heavy atom. The van der Waals surface area contributed by atoms with Gasteiger partial charge in [0.1, 0.15) is 6.10 Å². The fourth-order valence-electron chi connectivity index (χ4n) is 0.855. The second-order valence-corrected chi connectivity index (χ2v) is 5.04. The first-order valence-electron chi connectivity index (χ1n) is 4.47. The Kier molecular flexibility index (Phi) is 3.45. The molecule has 0 aromatic carbocycles. The van der Waals surface area contributed by atoms with Gasteiger partial charge in [-0.2, -0.15) is 0 Å². The molecule has 82 valence electrons. The van der Waals surface area contributed by atoms with Gasteiger partial charge in [0.25, 0.3) is 0 Å². The molecule has 0 amide bonds. The van der Waals surface area contributed by atoms with E-state index in [1.807, 2.05) is 0 Å². The summed E-state index contributed by atoms with van der Waals surface area (Å²) < 4.78 is 0. The Morgan fingerprint density at radius 3 is 1.64 bits per heavy atom. The van der Waals surface area contributed by atoms with Crippen molar-refractivity contribution in [3.63, 3.8) is 0 Å². The third-order valence-electron chi connectivity index (χ3n) is 2.22. The quantitative estimate of drug-likeness (QED) is 0.718. The zero-order valence-electron chi connectivity index (χ0n) is 9.29. The lowest BCUT2D eigenvalue weighted by atomic mass is 9.76. The first kappa shape index (κ1) is 13.1. The zero-order valence-corrected chi connectivity index (χ0v) is 9.29. The van der Waals surface area contributed by atoms with Crippen molar-refractivity contribution >= 4 is 11.8 Å². The lowest BCUT2D eigenvalue weighted by Gasteiger charge is -2.29. The summed E-state index contributed by atoms with van der Waals surface area (Å²) in [6.45, 7) is 7.62. The molecule has 0 radical (unpaired) electrons. The van der Waals surface area contributed by atoms with Crippen molar-refractivity contribution in [2.24, 2.45) is 10.8 Å². The van der Waals surface area contributed by atoms with Crippen molar-refractivity contribution < 1.29 is 19.8 Å². The van der Waals surface area contributed by atoms with Crippen LogP contribution in [0.15, 0.2) is 0 Å². The highest BCUT2D eigenvalue weighted by atomic mass is 16.4. The molecule has 0 aliphatic heterocycles. The predicted octanol–water partition coefficient (Wildman–Crippen LogP) is 1.07. The summed E-state index contributed by atoms with van der Waals surface area (Å²) in [5.74, 6) is -1.63. The third kappa shape index (κ3) is 2.54. The Morgan fingerprint density at radius 2 is 1.43 bits per heavy atom. The number of carbonyl (C=O) groups is 2. The maximum absolute atomic E-state index is 11.6. The van der Waals surface area contributed by atoms with Crippen LogP contribution in [0.2, 0.25) is 0 Å². The SMILES string of the molecule is CC(C)(C)C(=O)C(O)C(C)(C)C(=O)O. The van der Waals surface area contributed by atoms with Crippen molar-refractivity contribution in [1.82, 2.24) is 0 Å². The van der Waals surface area contributed by atoms with Gasteiger partial charge in [0, 0.05) is 5.41 Å². The number of aliphatic carboxylic acids is 1. The predicted molar refractivity (Wildman–Crippen MR) is 51.9 cm³/mol. The Bertz CT molecular complexity index is 247. The summed E-state index contributed by atoms with van der Waals surface area (Å²) in [5.41, 5.74) is -2.17. The number of hydrogen-bond donors (Lipinski definition) is 2. The van der Waals surface area contributed by atoms with Crippen molar-refractivity contribution in [3.05, 3.63) is 0 Å². The molecule has 0 saturated carbocycles. The molecular weight excluding hydrogens is 184 g/mol. The van der Waals surface area contributed by atoms with E-state index < -0.39 is 28.7 Å². The van der Waals surface area contributed by atoms with Crippen molar-refractivity contribution in [2.45, 2.75) is 40.7 Å². The van der Waals surface area contributed by atoms with Crippen LogP contribution in [0.25, 0.3) is 0 Å². The normalized spacial score (nSPS) is 15.0. The van der Waals surface area contributed by atoms with Gasteiger partial charge in [0.15, 0.2) is 5.78 Å². The van der Waals surface area contributed by atoms with Gasteiger partial charge in [-0.1, -0.05) is 20.8 Å². The molecule has 0 aromatic rings. The van der Waals surface area contributed by atoms with Gasteiger partial charge in [0.05, 0.1) is 5.41 Å². The number of aliphatic hydroxyl groups excluding tert-OH is 1. The zero-order chi connectivity index (χ0) is 11.7. The maximum atomic E-state index is 11.6. The number of rotatable bonds is 3. The molecule has 0 fully saturated rings. The van der Waals surface area contributed by atoms with E-state index in [4.69, 9.17) is 5.11 Å². The topological polar surface area (TPSA) is 74.6 Å². The number of carbonyl (C=O) groups excluding carboxylic acids is 1. The standard InChI is InChI=1S/C10H18O4/c1-9(2,3)6(11)7(12)10(4,5)8(13)14/h7,12H,1-5H3,(H,13,14). The number of carboxylic acids is 1. The summed E-state index contributed by atoms with van der Waals surface area (Å²) in [7, 11) is 0. The highest BCUT2D eigenvalue weighted by Gasteiger charge is 2.43. The number of carboxylic acid groups (broad SMARTS) is 1. The number of hydrogen-bond acceptors (Lipinski definition) is 3. The van der Waals surface area contributed by atoms with E-state index in [1.54, 1.807) is 20.8 Å². The second kappa shape index (κ2) is 3.69. The molecule has 0 saturated heterocycles. The first-order chi connectivity index (χ1) is 6.01. The van der Waals surface area contributed by atoms with Crippen molar-refractivity contribution in [1.29, 1.82) is 0 Å². The molecule has 4 heteroatoms. The lowest BCUT2D eigenvalue weighted by molar-refractivity contribution is -0.160. The molecule has 0 spiro atoms. The molecule has 2 N–H and O–H groups in total. The number of aliphatic hydroxyl groups is 1. The van der Waals surface area contributed by atoms with Gasteiger partial charge in [-0.15, -0.1) is 0 Å². The first-order valence-corrected chi connectivity index (χ1v) is 4.47. The largest absolute Gasteiger partial charge is 0.481 e. The number of Topliss-reactive ketones (excluding diaryl/α,β-unsaturated/α-hetero) is 1. The van der Waals surface area contributed by atoms with Gasteiger partial charge in [0.2, 0.25) is 0 Å². The Hall–Kier alpha value is -0.900. The van der Waals surface area contributed by atoms with E-state index in [1.165, 1.54) is 13.8 Å². The van der Waals surface area contributed by atoms with E-state index in [-0.39, 0.29) is 0 Å². The number of ketones is 1. The van der Waals surface area contributed by atoms with Crippen LogP contribution in [-0.2, 0) is 9.59 Å². The van der Waals surface area contributed by atoms with E-state index in [0.717, 1.165) is 0 Å². The van der Waals surface area contributed by atoms with Crippen LogP contribution in [0, 0.1) is 10.8 Å². The molecule has 0 aliphatic carbocycles. The molecule has 1 atom stereocenters. The summed E-state index contributed by atoms with van der Waals surface area (Å²) in [6, 6.07) is 0. The molecule has 0 aliphatic rings. The second-order valence-electron chi connectivity index (χ2n) is 5.04. The van der Waals surface area contributed by atoms with Gasteiger partial charge in [-0.25, -0.2) is 0 Å². The molecule has 0 rings (SSSR count). The molecule has 4 nitrogen and oxygen atoms in total. The van der Waals surface area contributed by atoms with Crippen LogP contribution < -0.4 is 0 Å². The third-order valence-corrected chi connectivity index (χ3v) is 2.22. The van der Waals surface area contributed by atoms with Crippen LogP contribution in [-0.4, -0.2) is 28.1 Å². The Labute approximate surface area is 83.9 Å². The molecule has 1 unspecified atom stereocenters. The average Bonchev–Trinajstić information content (AvgIpc) is 1.99. The highest BCUT2D eigenvalue weighted by Crippen LogP contribution is 2.28. The van der Waals surface area contributed by atoms with Crippen LogP contribution in [0.4, 0.5) is 0 Å². The van der Waals surface area contributed by atoms with Crippen molar-refractivity contribution in [2.75, 3.05) is 0 Å². The highest BCUT2D eigenvalue weighted by molar-refractivity contribution is 5.93. The summed E-state index contributed by atoms with van der Waals surface area (Å²) in [4.78, 5) is 22.4. The van der Waals surface area contributed by atoms with E-state index in [9.17, 15) is 14.7 Å². The summed E-state index contributed by atoms with van der Waals surface area (Å²) in [5, 5.41) is 18.4. The minimum Gasteiger partial charge on any atom is -0.481 e. The van der Waals surface area contributed by atoms with Gasteiger partial charge >= 0.3 is 5.97 Å². The lowest BCUT2D eigenvalue weighted by Crippen LogP contribution is -2.46. The molecule has 14 heavy (non-hydrogen) atoms. The minimum absolute atomic E-state index is 0.454. The fraction of sp³-hybridized carbons (Fsp3) is 0.800. The van der Waals surface area contributed by atoms with E-state index >= 15 is 0 Å². The monoisotopic (exact) mass is 202 g/mol. The summed E-state index contributed by atoms with van der Waals surface area (Å²) >= 11 is 0. The maximum Gasteiger partial charge on any atom is 0.312 e. The van der Waals surface area contributed by atoms with Crippen LogP contribution in [0.3, 0.4) is 0 Å². The molecule has 0 heterocycles. The average molecular weight is 202 g/mol. The minimum atomic E-state index is -1.47.